The number of benzene rings is 1. The lowest BCUT2D eigenvalue weighted by Gasteiger charge is -2.18. The van der Waals surface area contributed by atoms with E-state index in [0.717, 1.165) is 12.1 Å². The molecule has 4 N–H and O–H groups in total. The number of halogens is 1. The molecule has 0 radical (unpaired) electrons. The highest BCUT2D eigenvalue weighted by Gasteiger charge is 2.36. The highest BCUT2D eigenvalue weighted by molar-refractivity contribution is 7.89. The van der Waals surface area contributed by atoms with Gasteiger partial charge in [0.2, 0.25) is 10.0 Å². The van der Waals surface area contributed by atoms with Crippen molar-refractivity contribution in [3.8, 4) is 23.7 Å². The molecule has 10 nitrogen and oxygen atoms in total. The van der Waals surface area contributed by atoms with Gasteiger partial charge in [-0.1, -0.05) is 11.8 Å². The molecule has 2 heterocycles. The Labute approximate surface area is 189 Å². The molecule has 0 fully saturated rings. The normalized spacial score (nSPS) is 17.9. The van der Waals surface area contributed by atoms with Gasteiger partial charge < -0.3 is 24.8 Å². The van der Waals surface area contributed by atoms with E-state index in [0.29, 0.717) is 0 Å². The average Bonchev–Trinajstić information content (AvgIpc) is 3.00. The predicted molar refractivity (Wildman–Crippen MR) is 114 cm³/mol. The Kier molecular flexibility index (Phi) is 6.49. The number of nitrogens with one attached hydrogen (secondary N) is 2. The Morgan fingerprint density at radius 2 is 2.15 bits per heavy atom. The molecular formula is C21H21FN4O6S. The molecule has 0 saturated heterocycles. The molecule has 1 aliphatic rings. The number of nitrogens with zero attached hydrogens (tertiary/aromatic N) is 2. The summed E-state index contributed by atoms with van der Waals surface area (Å²) in [6.45, 7) is 2.46. The summed E-state index contributed by atoms with van der Waals surface area (Å²) in [4.78, 5) is 12.6. The number of amides is 1. The fourth-order valence-electron chi connectivity index (χ4n) is 3.03. The molecule has 1 aromatic carbocycles. The topological polar surface area (TPSA) is 154 Å². The Morgan fingerprint density at radius 1 is 1.45 bits per heavy atom. The van der Waals surface area contributed by atoms with E-state index in [9.17, 15) is 27.8 Å². The summed E-state index contributed by atoms with van der Waals surface area (Å²) in [6.07, 6.45) is -0.320. The molecule has 0 spiro atoms. The van der Waals surface area contributed by atoms with Gasteiger partial charge in [-0.15, -0.1) is 0 Å². The van der Waals surface area contributed by atoms with E-state index >= 15 is 0 Å². The number of anilines is 1. The zero-order chi connectivity index (χ0) is 24.6. The summed E-state index contributed by atoms with van der Waals surface area (Å²) in [5.41, 5.74) is -1.69. The summed E-state index contributed by atoms with van der Waals surface area (Å²) in [6, 6.07) is 3.90. The van der Waals surface area contributed by atoms with E-state index in [1.807, 2.05) is 0 Å². The van der Waals surface area contributed by atoms with Crippen LogP contribution in [0.5, 0.6) is 5.75 Å². The van der Waals surface area contributed by atoms with Crippen molar-refractivity contribution in [2.24, 2.45) is 7.05 Å². The summed E-state index contributed by atoms with van der Waals surface area (Å²) >= 11 is 0. The lowest BCUT2D eigenvalue weighted by Crippen LogP contribution is -2.45. The van der Waals surface area contributed by atoms with Crippen LogP contribution in [-0.4, -0.2) is 53.5 Å². The van der Waals surface area contributed by atoms with E-state index < -0.39 is 39.5 Å². The first-order valence-corrected chi connectivity index (χ1v) is 11.1. The number of sulfonamides is 1. The van der Waals surface area contributed by atoms with Gasteiger partial charge in [0.05, 0.1) is 11.6 Å². The van der Waals surface area contributed by atoms with Crippen molar-refractivity contribution in [1.29, 1.82) is 5.26 Å². The molecule has 0 bridgehead atoms. The van der Waals surface area contributed by atoms with Crippen molar-refractivity contribution >= 4 is 21.6 Å². The maximum Gasteiger partial charge on any atom is 0.276 e. The summed E-state index contributed by atoms with van der Waals surface area (Å²) in [7, 11) is -2.77. The van der Waals surface area contributed by atoms with Gasteiger partial charge in [-0.3, -0.25) is 4.79 Å². The lowest BCUT2D eigenvalue weighted by atomic mass is 10.1. The number of ether oxygens (including phenoxy) is 1. The fraction of sp³-hybridized carbons (Fsp3) is 0.333. The van der Waals surface area contributed by atoms with Gasteiger partial charge >= 0.3 is 0 Å². The molecule has 174 valence electrons. The Hall–Kier alpha value is -3.42. The second-order valence-electron chi connectivity index (χ2n) is 7.85. The lowest BCUT2D eigenvalue weighted by molar-refractivity contribution is 0.101. The summed E-state index contributed by atoms with van der Waals surface area (Å²) in [5, 5.41) is 31.4. The summed E-state index contributed by atoms with van der Waals surface area (Å²) < 4.78 is 48.4. The number of carbonyl (C=O) groups is 1. The largest absolute Gasteiger partial charge is 0.488 e. The third-order valence-corrected chi connectivity index (χ3v) is 6.06. The van der Waals surface area contributed by atoms with E-state index in [1.54, 1.807) is 6.07 Å². The number of rotatable bonds is 3. The SMILES string of the molecule is Cn1cc2c(c1C(=O)Nc1ccc(F)c(C#N)c1)OC[C@H]([C@H](O)C#CC(C)(C)O)NS2(=O)=O. The van der Waals surface area contributed by atoms with Crippen molar-refractivity contribution in [3.63, 3.8) is 0 Å². The van der Waals surface area contributed by atoms with Crippen LogP contribution in [-0.2, 0) is 17.1 Å². The number of nitriles is 1. The first kappa shape index (κ1) is 24.2. The van der Waals surface area contributed by atoms with Crippen LogP contribution in [0.1, 0.15) is 29.9 Å². The first-order chi connectivity index (χ1) is 15.3. The average molecular weight is 476 g/mol. The van der Waals surface area contributed by atoms with Crippen LogP contribution in [0.3, 0.4) is 0 Å². The highest BCUT2D eigenvalue weighted by atomic mass is 32.2. The van der Waals surface area contributed by atoms with E-state index in [4.69, 9.17) is 10.00 Å². The maximum absolute atomic E-state index is 13.5. The smallest absolute Gasteiger partial charge is 0.276 e. The van der Waals surface area contributed by atoms with Crippen molar-refractivity contribution in [3.05, 3.63) is 41.5 Å². The van der Waals surface area contributed by atoms with Crippen LogP contribution in [0.2, 0.25) is 0 Å². The molecule has 2 atom stereocenters. The van der Waals surface area contributed by atoms with Crippen molar-refractivity contribution in [2.45, 2.75) is 36.5 Å². The van der Waals surface area contributed by atoms with Crippen LogP contribution >= 0.6 is 0 Å². The van der Waals surface area contributed by atoms with Gasteiger partial charge in [-0.05, 0) is 32.0 Å². The minimum atomic E-state index is -4.21. The van der Waals surface area contributed by atoms with Crippen molar-refractivity contribution < 1.29 is 32.6 Å². The molecular weight excluding hydrogens is 455 g/mol. The predicted octanol–water partition coefficient (Wildman–Crippen LogP) is 0.463. The zero-order valence-corrected chi connectivity index (χ0v) is 18.7. The molecule has 12 heteroatoms. The number of carbonyl (C=O) groups excluding carboxylic acids is 1. The molecule has 0 unspecified atom stereocenters. The zero-order valence-electron chi connectivity index (χ0n) is 17.9. The van der Waals surface area contributed by atoms with Crippen molar-refractivity contribution in [2.75, 3.05) is 11.9 Å². The quantitative estimate of drug-likeness (QED) is 0.470. The van der Waals surface area contributed by atoms with Gasteiger partial charge in [0.1, 0.15) is 35.1 Å². The number of hydrogen-bond acceptors (Lipinski definition) is 7. The molecule has 33 heavy (non-hydrogen) atoms. The van der Waals surface area contributed by atoms with E-state index in [1.165, 1.54) is 37.7 Å². The van der Waals surface area contributed by atoms with Crippen LogP contribution < -0.4 is 14.8 Å². The molecule has 1 amide bonds. The molecule has 0 saturated carbocycles. The van der Waals surface area contributed by atoms with Gasteiger partial charge in [-0.2, -0.15) is 5.26 Å². The second kappa shape index (κ2) is 8.84. The number of aryl methyl sites for hydroxylation is 1. The fourth-order valence-corrected chi connectivity index (χ4v) is 4.44. The van der Waals surface area contributed by atoms with Gasteiger partial charge in [0.15, 0.2) is 11.4 Å². The highest BCUT2D eigenvalue weighted by Crippen LogP contribution is 2.33. The maximum atomic E-state index is 13.5. The third kappa shape index (κ3) is 5.32. The Morgan fingerprint density at radius 3 is 2.79 bits per heavy atom. The van der Waals surface area contributed by atoms with Gasteiger partial charge in [-0.25, -0.2) is 17.5 Å². The van der Waals surface area contributed by atoms with Crippen LogP contribution in [0.15, 0.2) is 29.3 Å². The molecule has 3 rings (SSSR count). The second-order valence-corrected chi connectivity index (χ2v) is 9.54. The third-order valence-electron chi connectivity index (χ3n) is 4.57. The number of aliphatic hydroxyl groups excluding tert-OH is 1. The minimum Gasteiger partial charge on any atom is -0.488 e. The Balaban J connectivity index is 1.92. The molecule has 2 aromatic rings. The van der Waals surface area contributed by atoms with E-state index in [2.05, 4.69) is 21.9 Å². The van der Waals surface area contributed by atoms with Crippen LogP contribution in [0.4, 0.5) is 10.1 Å². The van der Waals surface area contributed by atoms with E-state index in [-0.39, 0.29) is 34.2 Å². The monoisotopic (exact) mass is 476 g/mol. The number of aromatic nitrogens is 1. The molecule has 0 aliphatic carbocycles. The number of fused-ring (bicyclic) bond motifs is 1. The standard InChI is InChI=1S/C21H21FN4O6S/c1-21(2,29)7-6-16(27)15-11-32-19-17(33(30,31)25-15)10-26(3)18(19)20(28)24-13-4-5-14(22)12(8-13)9-23/h4-5,8,10,15-16,25,27,29H,11H2,1-3H3,(H,24,28)/t15-,16-/m1/s1. The minimum absolute atomic E-state index is 0.123. The Bertz CT molecular complexity index is 1310. The molecule has 1 aromatic heterocycles. The van der Waals surface area contributed by atoms with Gasteiger partial charge in [0, 0.05) is 18.9 Å². The number of aliphatic hydroxyl groups is 2. The van der Waals surface area contributed by atoms with Crippen LogP contribution in [0, 0.1) is 29.0 Å². The number of hydrogen-bond donors (Lipinski definition) is 4. The molecule has 1 aliphatic heterocycles. The summed E-state index contributed by atoms with van der Waals surface area (Å²) in [5.74, 6) is 3.04. The first-order valence-electron chi connectivity index (χ1n) is 9.61. The van der Waals surface area contributed by atoms with Crippen LogP contribution in [0.25, 0.3) is 0 Å². The van der Waals surface area contributed by atoms with Gasteiger partial charge in [0.25, 0.3) is 5.91 Å². The van der Waals surface area contributed by atoms with Crippen molar-refractivity contribution in [1.82, 2.24) is 9.29 Å².